The molecule has 17 heavy (non-hydrogen) atoms. The summed E-state index contributed by atoms with van der Waals surface area (Å²) in [6.07, 6.45) is 0. The zero-order valence-corrected chi connectivity index (χ0v) is 10.9. The van der Waals surface area contributed by atoms with Gasteiger partial charge in [-0.05, 0) is 12.1 Å². The number of nitrogens with zero attached hydrogens (tertiary/aromatic N) is 2. The van der Waals surface area contributed by atoms with Gasteiger partial charge in [0.25, 0.3) is 0 Å². The normalized spacial score (nSPS) is 18.2. The van der Waals surface area contributed by atoms with Crippen LogP contribution < -0.4 is 11.3 Å². The number of hydrazine groups is 1. The van der Waals surface area contributed by atoms with Crippen LogP contribution >= 0.6 is 11.6 Å². The highest BCUT2D eigenvalue weighted by molar-refractivity contribution is 7.85. The van der Waals surface area contributed by atoms with E-state index in [1.807, 2.05) is 0 Å². The first-order valence-corrected chi connectivity index (χ1v) is 7.25. The van der Waals surface area contributed by atoms with Crippen molar-refractivity contribution in [3.63, 3.8) is 0 Å². The summed E-state index contributed by atoms with van der Waals surface area (Å²) in [6, 6.07) is 3.51. The minimum atomic E-state index is -0.658. The Morgan fingerprint density at radius 1 is 1.47 bits per heavy atom. The first-order valence-electron chi connectivity index (χ1n) is 5.38. The highest BCUT2D eigenvalue weighted by Crippen LogP contribution is 2.18. The number of nitrogens with two attached hydrogens (primary N) is 1. The van der Waals surface area contributed by atoms with Gasteiger partial charge < -0.3 is 5.43 Å². The summed E-state index contributed by atoms with van der Waals surface area (Å²) >= 11 is 6.08. The van der Waals surface area contributed by atoms with Gasteiger partial charge in [-0.3, -0.25) is 9.11 Å². The molecule has 2 rings (SSSR count). The monoisotopic (exact) mass is 274 g/mol. The highest BCUT2D eigenvalue weighted by atomic mass is 35.5. The molecule has 0 unspecified atom stereocenters. The molecule has 2 heterocycles. The van der Waals surface area contributed by atoms with E-state index in [9.17, 15) is 4.21 Å². The van der Waals surface area contributed by atoms with Gasteiger partial charge in [0.05, 0.1) is 10.7 Å². The lowest BCUT2D eigenvalue weighted by Gasteiger charge is -2.26. The Hall–Kier alpha value is -0.690. The predicted octanol–water partition coefficient (Wildman–Crippen LogP) is 0.585. The summed E-state index contributed by atoms with van der Waals surface area (Å²) in [5.74, 6) is 7.37. The van der Waals surface area contributed by atoms with Crippen LogP contribution in [0.1, 0.15) is 5.69 Å². The van der Waals surface area contributed by atoms with Crippen LogP contribution in [0.2, 0.25) is 5.02 Å². The van der Waals surface area contributed by atoms with Gasteiger partial charge in [0.1, 0.15) is 5.82 Å². The second-order valence-electron chi connectivity index (χ2n) is 3.89. The topological polar surface area (TPSA) is 71.2 Å². The third-order valence-electron chi connectivity index (χ3n) is 2.71. The molecule has 0 saturated carbocycles. The van der Waals surface area contributed by atoms with Crippen LogP contribution in [0.5, 0.6) is 0 Å². The number of aromatic nitrogens is 1. The van der Waals surface area contributed by atoms with E-state index in [-0.39, 0.29) is 0 Å². The van der Waals surface area contributed by atoms with Gasteiger partial charge in [0.15, 0.2) is 0 Å². The molecule has 0 amide bonds. The molecule has 1 aliphatic rings. The van der Waals surface area contributed by atoms with Gasteiger partial charge in [0.2, 0.25) is 0 Å². The Bertz CT molecular complexity index is 419. The number of nitrogens with one attached hydrogen (secondary N) is 1. The zero-order chi connectivity index (χ0) is 12.3. The van der Waals surface area contributed by atoms with Crippen LogP contribution in [0.4, 0.5) is 5.82 Å². The van der Waals surface area contributed by atoms with Crippen LogP contribution in [-0.2, 0) is 17.3 Å². The second kappa shape index (κ2) is 5.77. The van der Waals surface area contributed by atoms with Crippen molar-refractivity contribution in [2.75, 3.05) is 30.0 Å². The van der Waals surface area contributed by atoms with E-state index >= 15 is 0 Å². The quantitative estimate of drug-likeness (QED) is 0.623. The summed E-state index contributed by atoms with van der Waals surface area (Å²) in [5, 5.41) is 0.635. The molecular formula is C10H15ClN4OS. The van der Waals surface area contributed by atoms with Crippen LogP contribution in [0.15, 0.2) is 12.1 Å². The van der Waals surface area contributed by atoms with Crippen LogP contribution in [0.25, 0.3) is 0 Å². The smallest absolute Gasteiger partial charge is 0.140 e. The van der Waals surface area contributed by atoms with Gasteiger partial charge in [0, 0.05) is 41.9 Å². The number of hydrogen-bond acceptors (Lipinski definition) is 5. The second-order valence-corrected chi connectivity index (χ2v) is 6.00. The number of rotatable bonds is 3. The maximum absolute atomic E-state index is 11.2. The fourth-order valence-corrected chi connectivity index (χ4v) is 3.01. The summed E-state index contributed by atoms with van der Waals surface area (Å²) < 4.78 is 11.2. The number of hydrogen-bond donors (Lipinski definition) is 2. The molecule has 0 bridgehead atoms. The largest absolute Gasteiger partial charge is 0.308 e. The van der Waals surface area contributed by atoms with Crippen LogP contribution in [0, 0.1) is 0 Å². The average Bonchev–Trinajstić information content (AvgIpc) is 2.35. The van der Waals surface area contributed by atoms with E-state index in [4.69, 9.17) is 17.4 Å². The number of anilines is 1. The van der Waals surface area contributed by atoms with Crippen molar-refractivity contribution in [3.05, 3.63) is 22.8 Å². The maximum atomic E-state index is 11.2. The molecule has 1 saturated heterocycles. The summed E-state index contributed by atoms with van der Waals surface area (Å²) in [6.45, 7) is 2.32. The van der Waals surface area contributed by atoms with E-state index < -0.39 is 10.8 Å². The maximum Gasteiger partial charge on any atom is 0.140 e. The fraction of sp³-hybridized carbons (Fsp3) is 0.500. The van der Waals surface area contributed by atoms with Crippen molar-refractivity contribution in [1.29, 1.82) is 0 Å². The molecule has 0 aromatic carbocycles. The van der Waals surface area contributed by atoms with Crippen molar-refractivity contribution >= 4 is 28.2 Å². The number of pyridine rings is 1. The van der Waals surface area contributed by atoms with Gasteiger partial charge in [-0.2, -0.15) is 0 Å². The standard InChI is InChI=1S/C10H15ClN4OS/c11-8-1-2-10(14-12)13-9(8)7-15-3-5-17(16)6-4-15/h1-2H,3-7,12H2,(H,13,14). The van der Waals surface area contributed by atoms with Crippen LogP contribution in [-0.4, -0.2) is 38.7 Å². The van der Waals surface area contributed by atoms with Crippen molar-refractivity contribution in [3.8, 4) is 0 Å². The molecule has 5 nitrogen and oxygen atoms in total. The predicted molar refractivity (Wildman–Crippen MR) is 70.2 cm³/mol. The lowest BCUT2D eigenvalue weighted by Crippen LogP contribution is -2.37. The SMILES string of the molecule is NNc1ccc(Cl)c(CN2CCS(=O)CC2)n1. The minimum absolute atomic E-state index is 0.602. The molecule has 0 aliphatic carbocycles. The third-order valence-corrected chi connectivity index (χ3v) is 4.33. The van der Waals surface area contributed by atoms with E-state index in [1.54, 1.807) is 12.1 Å². The molecule has 0 radical (unpaired) electrons. The zero-order valence-electron chi connectivity index (χ0n) is 9.36. The van der Waals surface area contributed by atoms with E-state index in [1.165, 1.54) is 0 Å². The van der Waals surface area contributed by atoms with Crippen molar-refractivity contribution < 1.29 is 4.21 Å². The molecule has 0 spiro atoms. The average molecular weight is 275 g/mol. The number of halogens is 1. The summed E-state index contributed by atoms with van der Waals surface area (Å²) in [4.78, 5) is 6.52. The molecule has 1 aromatic heterocycles. The van der Waals surface area contributed by atoms with E-state index in [0.717, 1.165) is 30.3 Å². The van der Waals surface area contributed by atoms with Gasteiger partial charge in [-0.15, -0.1) is 0 Å². The molecular weight excluding hydrogens is 260 g/mol. The molecule has 1 aliphatic heterocycles. The lowest BCUT2D eigenvalue weighted by molar-refractivity contribution is 0.288. The van der Waals surface area contributed by atoms with E-state index in [2.05, 4.69) is 15.3 Å². The fourth-order valence-electron chi connectivity index (χ4n) is 1.72. The first-order chi connectivity index (χ1) is 8.19. The van der Waals surface area contributed by atoms with Crippen molar-refractivity contribution in [2.24, 2.45) is 5.84 Å². The Balaban J connectivity index is 2.04. The molecule has 0 atom stereocenters. The number of nitrogen functional groups attached to an aromatic ring is 1. The van der Waals surface area contributed by atoms with Crippen molar-refractivity contribution in [1.82, 2.24) is 9.88 Å². The molecule has 3 N–H and O–H groups in total. The third kappa shape index (κ3) is 3.38. The Labute approximate surface area is 108 Å². The van der Waals surface area contributed by atoms with Gasteiger partial charge in [-0.1, -0.05) is 11.6 Å². The minimum Gasteiger partial charge on any atom is -0.308 e. The Morgan fingerprint density at radius 2 is 2.18 bits per heavy atom. The van der Waals surface area contributed by atoms with E-state index in [0.29, 0.717) is 17.4 Å². The summed E-state index contributed by atoms with van der Waals surface area (Å²) in [7, 11) is -0.658. The molecule has 1 fully saturated rings. The summed E-state index contributed by atoms with van der Waals surface area (Å²) in [5.41, 5.74) is 3.30. The van der Waals surface area contributed by atoms with Gasteiger partial charge >= 0.3 is 0 Å². The van der Waals surface area contributed by atoms with Gasteiger partial charge in [-0.25, -0.2) is 10.8 Å². The Kier molecular flexibility index (Phi) is 4.33. The molecule has 94 valence electrons. The highest BCUT2D eigenvalue weighted by Gasteiger charge is 2.17. The van der Waals surface area contributed by atoms with Crippen LogP contribution in [0.3, 0.4) is 0 Å². The molecule has 1 aromatic rings. The first kappa shape index (κ1) is 12.8. The molecule has 7 heteroatoms. The van der Waals surface area contributed by atoms with Crippen molar-refractivity contribution in [2.45, 2.75) is 6.54 Å². The lowest BCUT2D eigenvalue weighted by atomic mass is 10.3. The Morgan fingerprint density at radius 3 is 2.82 bits per heavy atom.